The van der Waals surface area contributed by atoms with Crippen LogP contribution in [0.3, 0.4) is 0 Å². The zero-order valence-electron chi connectivity index (χ0n) is 9.12. The van der Waals surface area contributed by atoms with Crippen molar-refractivity contribution in [2.45, 2.75) is 45.6 Å². The van der Waals surface area contributed by atoms with Crippen LogP contribution in [0.1, 0.15) is 39.5 Å². The third-order valence-corrected chi connectivity index (χ3v) is 2.96. The molecule has 3 nitrogen and oxygen atoms in total. The standard InChI is InChI=1S/C11H21NO2/c1-8-3-5-10(6-4-8)11(14)12-7-9(2)13/h8-10,13H,3-7H2,1-2H3,(H,12,14)/t8?,9-,10?/m1/s1. The van der Waals surface area contributed by atoms with Crippen molar-refractivity contribution in [1.82, 2.24) is 5.32 Å². The summed E-state index contributed by atoms with van der Waals surface area (Å²) in [5.41, 5.74) is 0. The Bertz CT molecular complexity index is 184. The first-order chi connectivity index (χ1) is 6.59. The molecular formula is C11H21NO2. The van der Waals surface area contributed by atoms with Gasteiger partial charge in [0.05, 0.1) is 6.10 Å². The van der Waals surface area contributed by atoms with Crippen molar-refractivity contribution in [2.24, 2.45) is 11.8 Å². The van der Waals surface area contributed by atoms with Crippen molar-refractivity contribution < 1.29 is 9.90 Å². The van der Waals surface area contributed by atoms with E-state index >= 15 is 0 Å². The van der Waals surface area contributed by atoms with Gasteiger partial charge in [-0.1, -0.05) is 6.92 Å². The number of amides is 1. The molecule has 0 spiro atoms. The second-order valence-corrected chi connectivity index (χ2v) is 4.55. The molecule has 1 rings (SSSR count). The first-order valence-electron chi connectivity index (χ1n) is 5.55. The molecule has 0 bridgehead atoms. The highest BCUT2D eigenvalue weighted by Crippen LogP contribution is 2.28. The molecule has 1 fully saturated rings. The minimum atomic E-state index is -0.443. The molecule has 0 aliphatic heterocycles. The molecule has 1 saturated carbocycles. The van der Waals surface area contributed by atoms with Gasteiger partial charge in [-0.2, -0.15) is 0 Å². The minimum Gasteiger partial charge on any atom is -0.392 e. The Kier molecular flexibility index (Phi) is 4.39. The normalized spacial score (nSPS) is 29.6. The number of aliphatic hydroxyl groups is 1. The van der Waals surface area contributed by atoms with Gasteiger partial charge in [0.2, 0.25) is 5.91 Å². The third-order valence-electron chi connectivity index (χ3n) is 2.96. The fraction of sp³-hybridized carbons (Fsp3) is 0.909. The van der Waals surface area contributed by atoms with Crippen molar-refractivity contribution in [3.63, 3.8) is 0 Å². The molecule has 1 amide bonds. The summed E-state index contributed by atoms with van der Waals surface area (Å²) >= 11 is 0. The van der Waals surface area contributed by atoms with Crippen LogP contribution in [0, 0.1) is 11.8 Å². The summed E-state index contributed by atoms with van der Waals surface area (Å²) in [6.07, 6.45) is 3.89. The van der Waals surface area contributed by atoms with Crippen LogP contribution in [-0.4, -0.2) is 23.7 Å². The Morgan fingerprint density at radius 3 is 2.50 bits per heavy atom. The van der Waals surface area contributed by atoms with E-state index in [1.54, 1.807) is 6.92 Å². The zero-order chi connectivity index (χ0) is 10.6. The monoisotopic (exact) mass is 199 g/mol. The minimum absolute atomic E-state index is 0.123. The Morgan fingerprint density at radius 2 is 2.00 bits per heavy atom. The molecular weight excluding hydrogens is 178 g/mol. The van der Waals surface area contributed by atoms with Crippen molar-refractivity contribution in [3.05, 3.63) is 0 Å². The van der Waals surface area contributed by atoms with Crippen LogP contribution in [-0.2, 0) is 4.79 Å². The van der Waals surface area contributed by atoms with E-state index in [-0.39, 0.29) is 11.8 Å². The fourth-order valence-corrected chi connectivity index (χ4v) is 1.91. The predicted octanol–water partition coefficient (Wildman–Crippen LogP) is 1.31. The van der Waals surface area contributed by atoms with E-state index in [1.807, 2.05) is 0 Å². The zero-order valence-corrected chi connectivity index (χ0v) is 9.12. The summed E-state index contributed by atoms with van der Waals surface area (Å²) in [5.74, 6) is 1.08. The molecule has 14 heavy (non-hydrogen) atoms. The number of aliphatic hydroxyl groups excluding tert-OH is 1. The second-order valence-electron chi connectivity index (χ2n) is 4.55. The smallest absolute Gasteiger partial charge is 0.223 e. The molecule has 0 heterocycles. The molecule has 0 aromatic carbocycles. The van der Waals surface area contributed by atoms with Gasteiger partial charge in [-0.15, -0.1) is 0 Å². The highest BCUT2D eigenvalue weighted by atomic mass is 16.3. The Labute approximate surface area is 85.9 Å². The van der Waals surface area contributed by atoms with Gasteiger partial charge in [0.25, 0.3) is 0 Å². The maximum Gasteiger partial charge on any atom is 0.223 e. The summed E-state index contributed by atoms with van der Waals surface area (Å²) in [7, 11) is 0. The largest absolute Gasteiger partial charge is 0.392 e. The second kappa shape index (κ2) is 5.35. The van der Waals surface area contributed by atoms with Crippen LogP contribution in [0.4, 0.5) is 0 Å². The van der Waals surface area contributed by atoms with Gasteiger partial charge in [-0.3, -0.25) is 4.79 Å². The predicted molar refractivity (Wildman–Crippen MR) is 55.8 cm³/mol. The van der Waals surface area contributed by atoms with E-state index in [4.69, 9.17) is 5.11 Å². The van der Waals surface area contributed by atoms with E-state index in [1.165, 1.54) is 0 Å². The molecule has 1 aliphatic rings. The quantitative estimate of drug-likeness (QED) is 0.720. The van der Waals surface area contributed by atoms with E-state index in [9.17, 15) is 4.79 Å². The van der Waals surface area contributed by atoms with Gasteiger partial charge < -0.3 is 10.4 Å². The lowest BCUT2D eigenvalue weighted by Crippen LogP contribution is -2.36. The maximum absolute atomic E-state index is 11.6. The molecule has 1 atom stereocenters. The third kappa shape index (κ3) is 3.66. The van der Waals surface area contributed by atoms with Gasteiger partial charge in [0, 0.05) is 12.5 Å². The molecule has 3 heteroatoms. The molecule has 0 saturated heterocycles. The summed E-state index contributed by atoms with van der Waals surface area (Å²) in [6.45, 7) is 4.30. The van der Waals surface area contributed by atoms with Crippen LogP contribution in [0.25, 0.3) is 0 Å². The van der Waals surface area contributed by atoms with Gasteiger partial charge in [-0.25, -0.2) is 0 Å². The molecule has 0 unspecified atom stereocenters. The van der Waals surface area contributed by atoms with Gasteiger partial charge in [0.15, 0.2) is 0 Å². The lowest BCUT2D eigenvalue weighted by molar-refractivity contribution is -0.126. The van der Waals surface area contributed by atoms with Crippen molar-refractivity contribution in [3.8, 4) is 0 Å². The average molecular weight is 199 g/mol. The van der Waals surface area contributed by atoms with Gasteiger partial charge in [-0.05, 0) is 38.5 Å². The van der Waals surface area contributed by atoms with Crippen molar-refractivity contribution >= 4 is 5.91 Å². The fourth-order valence-electron chi connectivity index (χ4n) is 1.91. The lowest BCUT2D eigenvalue weighted by Gasteiger charge is -2.25. The van der Waals surface area contributed by atoms with E-state index < -0.39 is 6.10 Å². The molecule has 0 aromatic heterocycles. The van der Waals surface area contributed by atoms with Gasteiger partial charge in [0.1, 0.15) is 0 Å². The van der Waals surface area contributed by atoms with Crippen LogP contribution in [0.5, 0.6) is 0 Å². The maximum atomic E-state index is 11.6. The van der Waals surface area contributed by atoms with Crippen LogP contribution < -0.4 is 5.32 Å². The summed E-state index contributed by atoms with van der Waals surface area (Å²) in [6, 6.07) is 0. The lowest BCUT2D eigenvalue weighted by atomic mass is 9.82. The average Bonchev–Trinajstić information content (AvgIpc) is 2.15. The SMILES string of the molecule is CC1CCC(C(=O)NC[C@@H](C)O)CC1. The van der Waals surface area contributed by atoms with Crippen molar-refractivity contribution in [1.29, 1.82) is 0 Å². The molecule has 0 aromatic rings. The summed E-state index contributed by atoms with van der Waals surface area (Å²) < 4.78 is 0. The first-order valence-corrected chi connectivity index (χ1v) is 5.55. The number of hydrogen-bond acceptors (Lipinski definition) is 2. The van der Waals surface area contributed by atoms with E-state index in [2.05, 4.69) is 12.2 Å². The van der Waals surface area contributed by atoms with E-state index in [0.717, 1.165) is 31.6 Å². The molecule has 2 N–H and O–H groups in total. The van der Waals surface area contributed by atoms with Crippen molar-refractivity contribution in [2.75, 3.05) is 6.54 Å². The van der Waals surface area contributed by atoms with Crippen LogP contribution in [0.2, 0.25) is 0 Å². The molecule has 0 radical (unpaired) electrons. The molecule has 1 aliphatic carbocycles. The highest BCUT2D eigenvalue weighted by molar-refractivity contribution is 5.78. The number of carbonyl (C=O) groups is 1. The first kappa shape index (κ1) is 11.5. The number of rotatable bonds is 3. The van der Waals surface area contributed by atoms with Crippen LogP contribution >= 0.6 is 0 Å². The summed E-state index contributed by atoms with van der Waals surface area (Å²) in [4.78, 5) is 11.6. The molecule has 82 valence electrons. The summed E-state index contributed by atoms with van der Waals surface area (Å²) in [5, 5.41) is 11.8. The van der Waals surface area contributed by atoms with E-state index in [0.29, 0.717) is 6.54 Å². The van der Waals surface area contributed by atoms with Crippen LogP contribution in [0.15, 0.2) is 0 Å². The Morgan fingerprint density at radius 1 is 1.43 bits per heavy atom. The Hall–Kier alpha value is -0.570. The topological polar surface area (TPSA) is 49.3 Å². The Balaban J connectivity index is 2.24. The number of carbonyl (C=O) groups excluding carboxylic acids is 1. The highest BCUT2D eigenvalue weighted by Gasteiger charge is 2.23. The number of hydrogen-bond donors (Lipinski definition) is 2. The van der Waals surface area contributed by atoms with Gasteiger partial charge >= 0.3 is 0 Å². The number of nitrogens with one attached hydrogen (secondary N) is 1.